The molecule has 0 aromatic heterocycles. The molecule has 1 aromatic rings. The number of nitrogens with one attached hydrogen (secondary N) is 1. The Labute approximate surface area is 173 Å². The average molecular weight is 432 g/mol. The standard InChI is InChI=1S/C19H29N3O4S.ClH/c1-3-8-22(17-6-7-20-14-17)19(23)16-5-4-15(2)18(13-16)27(24,25)21-9-11-26-12-10-21;/h4-5,13,17,20H,3,6-12,14H2,1-2H3;1H. The number of hydrogen-bond donors (Lipinski definition) is 1. The Balaban J connectivity index is 0.00000280. The Morgan fingerprint density at radius 2 is 2.04 bits per heavy atom. The van der Waals surface area contributed by atoms with Gasteiger partial charge in [-0.3, -0.25) is 4.79 Å². The lowest BCUT2D eigenvalue weighted by Gasteiger charge is -2.29. The van der Waals surface area contributed by atoms with Crippen molar-refractivity contribution in [1.82, 2.24) is 14.5 Å². The summed E-state index contributed by atoms with van der Waals surface area (Å²) in [6, 6.07) is 5.18. The monoisotopic (exact) mass is 431 g/mol. The van der Waals surface area contributed by atoms with Crippen LogP contribution in [0.25, 0.3) is 0 Å². The molecule has 2 heterocycles. The molecule has 158 valence electrons. The molecular weight excluding hydrogens is 402 g/mol. The Morgan fingerprint density at radius 3 is 2.64 bits per heavy atom. The third-order valence-corrected chi connectivity index (χ3v) is 7.26. The minimum atomic E-state index is -3.64. The normalized spacial score (nSPS) is 20.6. The van der Waals surface area contributed by atoms with Crippen LogP contribution < -0.4 is 5.32 Å². The van der Waals surface area contributed by atoms with Crippen molar-refractivity contribution in [2.75, 3.05) is 45.9 Å². The van der Waals surface area contributed by atoms with E-state index in [0.717, 1.165) is 25.9 Å². The van der Waals surface area contributed by atoms with Gasteiger partial charge in [-0.1, -0.05) is 13.0 Å². The average Bonchev–Trinajstić information content (AvgIpc) is 3.21. The highest BCUT2D eigenvalue weighted by molar-refractivity contribution is 7.89. The van der Waals surface area contributed by atoms with E-state index in [-0.39, 0.29) is 29.3 Å². The maximum absolute atomic E-state index is 13.2. The van der Waals surface area contributed by atoms with Crippen molar-refractivity contribution in [3.63, 3.8) is 0 Å². The second-order valence-electron chi connectivity index (χ2n) is 7.14. The van der Waals surface area contributed by atoms with Crippen molar-refractivity contribution in [2.45, 2.75) is 37.6 Å². The number of carbonyl (C=O) groups is 1. The quantitative estimate of drug-likeness (QED) is 0.740. The third-order valence-electron chi connectivity index (χ3n) is 5.22. The van der Waals surface area contributed by atoms with Crippen LogP contribution in [-0.2, 0) is 14.8 Å². The number of nitrogens with zero attached hydrogens (tertiary/aromatic N) is 2. The van der Waals surface area contributed by atoms with Crippen LogP contribution in [0.3, 0.4) is 0 Å². The molecule has 9 heteroatoms. The number of sulfonamides is 1. The minimum Gasteiger partial charge on any atom is -0.379 e. The lowest BCUT2D eigenvalue weighted by Crippen LogP contribution is -2.42. The summed E-state index contributed by atoms with van der Waals surface area (Å²) in [7, 11) is -3.64. The molecule has 0 bridgehead atoms. The highest BCUT2D eigenvalue weighted by Crippen LogP contribution is 2.24. The number of morpholine rings is 1. The van der Waals surface area contributed by atoms with E-state index in [9.17, 15) is 13.2 Å². The van der Waals surface area contributed by atoms with Gasteiger partial charge in [-0.15, -0.1) is 12.4 Å². The number of amides is 1. The first-order chi connectivity index (χ1) is 12.9. The highest BCUT2D eigenvalue weighted by Gasteiger charge is 2.30. The summed E-state index contributed by atoms with van der Waals surface area (Å²) >= 11 is 0. The van der Waals surface area contributed by atoms with Crippen molar-refractivity contribution >= 4 is 28.3 Å². The maximum atomic E-state index is 13.2. The Morgan fingerprint density at radius 1 is 1.32 bits per heavy atom. The predicted molar refractivity (Wildman–Crippen MR) is 111 cm³/mol. The van der Waals surface area contributed by atoms with Crippen LogP contribution in [0.15, 0.2) is 23.1 Å². The topological polar surface area (TPSA) is 79.0 Å². The first-order valence-electron chi connectivity index (χ1n) is 9.65. The van der Waals surface area contributed by atoms with E-state index in [1.807, 2.05) is 11.8 Å². The second-order valence-corrected chi connectivity index (χ2v) is 9.05. The van der Waals surface area contributed by atoms with Gasteiger partial charge < -0.3 is 15.0 Å². The van der Waals surface area contributed by atoms with Crippen molar-refractivity contribution in [3.8, 4) is 0 Å². The molecule has 1 N–H and O–H groups in total. The zero-order valence-corrected chi connectivity index (χ0v) is 18.2. The van der Waals surface area contributed by atoms with E-state index < -0.39 is 10.0 Å². The van der Waals surface area contributed by atoms with Gasteiger partial charge in [0.25, 0.3) is 5.91 Å². The molecule has 7 nitrogen and oxygen atoms in total. The molecule has 0 radical (unpaired) electrons. The Bertz CT molecular complexity index is 775. The third kappa shape index (κ3) is 4.86. The Hall–Kier alpha value is -1.19. The summed E-state index contributed by atoms with van der Waals surface area (Å²) in [5.74, 6) is -0.0935. The van der Waals surface area contributed by atoms with Gasteiger partial charge in [-0.2, -0.15) is 4.31 Å². The smallest absolute Gasteiger partial charge is 0.254 e. The fraction of sp³-hybridized carbons (Fsp3) is 0.632. The lowest BCUT2D eigenvalue weighted by molar-refractivity contribution is 0.0691. The second kappa shape index (κ2) is 10.0. The summed E-state index contributed by atoms with van der Waals surface area (Å²) in [4.78, 5) is 15.3. The van der Waals surface area contributed by atoms with Crippen LogP contribution in [0.1, 0.15) is 35.7 Å². The van der Waals surface area contributed by atoms with E-state index in [1.165, 1.54) is 4.31 Å². The van der Waals surface area contributed by atoms with E-state index >= 15 is 0 Å². The molecule has 2 saturated heterocycles. The molecule has 1 unspecified atom stereocenters. The van der Waals surface area contributed by atoms with Crippen molar-refractivity contribution in [1.29, 1.82) is 0 Å². The molecule has 0 saturated carbocycles. The van der Waals surface area contributed by atoms with E-state index in [1.54, 1.807) is 25.1 Å². The van der Waals surface area contributed by atoms with Crippen molar-refractivity contribution in [3.05, 3.63) is 29.3 Å². The van der Waals surface area contributed by atoms with Crippen LogP contribution in [0.5, 0.6) is 0 Å². The number of hydrogen-bond acceptors (Lipinski definition) is 5. The number of carbonyl (C=O) groups excluding carboxylic acids is 1. The van der Waals surface area contributed by atoms with Crippen LogP contribution in [0.4, 0.5) is 0 Å². The van der Waals surface area contributed by atoms with Crippen LogP contribution in [0, 0.1) is 6.92 Å². The fourth-order valence-electron chi connectivity index (χ4n) is 3.70. The van der Waals surface area contributed by atoms with Gasteiger partial charge in [0.05, 0.1) is 18.1 Å². The summed E-state index contributed by atoms with van der Waals surface area (Å²) in [6.07, 6.45) is 1.80. The molecule has 2 aliphatic heterocycles. The van der Waals surface area contributed by atoms with Crippen LogP contribution in [0.2, 0.25) is 0 Å². The molecule has 2 aliphatic rings. The van der Waals surface area contributed by atoms with E-state index in [2.05, 4.69) is 5.32 Å². The van der Waals surface area contributed by atoms with Crippen molar-refractivity contribution in [2.24, 2.45) is 0 Å². The van der Waals surface area contributed by atoms with Gasteiger partial charge in [-0.05, 0) is 44.0 Å². The largest absolute Gasteiger partial charge is 0.379 e. The van der Waals surface area contributed by atoms with E-state index in [4.69, 9.17) is 4.74 Å². The number of ether oxygens (including phenoxy) is 1. The van der Waals surface area contributed by atoms with Gasteiger partial charge in [0.15, 0.2) is 0 Å². The molecule has 0 spiro atoms. The molecule has 28 heavy (non-hydrogen) atoms. The van der Waals surface area contributed by atoms with Gasteiger partial charge in [0.1, 0.15) is 0 Å². The maximum Gasteiger partial charge on any atom is 0.254 e. The van der Waals surface area contributed by atoms with Gasteiger partial charge >= 0.3 is 0 Å². The summed E-state index contributed by atoms with van der Waals surface area (Å²) in [6.45, 7) is 7.67. The number of rotatable bonds is 6. The highest BCUT2D eigenvalue weighted by atomic mass is 35.5. The number of benzene rings is 1. The summed E-state index contributed by atoms with van der Waals surface area (Å²) in [5.41, 5.74) is 1.09. The van der Waals surface area contributed by atoms with Gasteiger partial charge in [0.2, 0.25) is 10.0 Å². The summed E-state index contributed by atoms with van der Waals surface area (Å²) < 4.78 is 32.8. The minimum absolute atomic E-state index is 0. The van der Waals surface area contributed by atoms with Crippen LogP contribution >= 0.6 is 12.4 Å². The SMILES string of the molecule is CCCN(C(=O)c1ccc(C)c(S(=O)(=O)N2CCOCC2)c1)C1CCNC1.Cl. The molecular formula is C19H30ClN3O4S. The van der Waals surface area contributed by atoms with Crippen LogP contribution in [-0.4, -0.2) is 75.5 Å². The first kappa shape index (κ1) is 23.1. The van der Waals surface area contributed by atoms with E-state index in [0.29, 0.717) is 44.0 Å². The number of aryl methyl sites for hydroxylation is 1. The van der Waals surface area contributed by atoms with Gasteiger partial charge in [-0.25, -0.2) is 8.42 Å². The van der Waals surface area contributed by atoms with Gasteiger partial charge in [0, 0.05) is 37.8 Å². The predicted octanol–water partition coefficient (Wildman–Crippen LogP) is 1.65. The molecule has 1 atom stereocenters. The van der Waals surface area contributed by atoms with Crippen molar-refractivity contribution < 1.29 is 17.9 Å². The fourth-order valence-corrected chi connectivity index (χ4v) is 5.36. The summed E-state index contributed by atoms with van der Waals surface area (Å²) in [5, 5.41) is 3.30. The molecule has 2 fully saturated rings. The molecule has 1 aromatic carbocycles. The molecule has 0 aliphatic carbocycles. The lowest BCUT2D eigenvalue weighted by atomic mass is 10.1. The Kier molecular flexibility index (Phi) is 8.27. The molecule has 1 amide bonds. The number of halogens is 1. The molecule has 3 rings (SSSR count). The zero-order valence-electron chi connectivity index (χ0n) is 16.5. The first-order valence-corrected chi connectivity index (χ1v) is 11.1. The zero-order chi connectivity index (χ0) is 19.4.